The lowest BCUT2D eigenvalue weighted by Gasteiger charge is -2.24. The molecule has 128 valence electrons. The number of nitrogens with one attached hydrogen (secondary N) is 1. The fourth-order valence-electron chi connectivity index (χ4n) is 2.60. The van der Waals surface area contributed by atoms with E-state index < -0.39 is 21.5 Å². The Morgan fingerprint density at radius 2 is 2.00 bits per heavy atom. The summed E-state index contributed by atoms with van der Waals surface area (Å²) in [6.45, 7) is 0. The number of sulfone groups is 1. The molecule has 0 aliphatic carbocycles. The van der Waals surface area contributed by atoms with Crippen LogP contribution in [0.4, 0.5) is 26.1 Å². The van der Waals surface area contributed by atoms with Gasteiger partial charge in [0.15, 0.2) is 21.5 Å². The van der Waals surface area contributed by atoms with E-state index in [9.17, 15) is 17.2 Å². The summed E-state index contributed by atoms with van der Waals surface area (Å²) in [5, 5.41) is 2.87. The molecule has 1 aromatic carbocycles. The lowest BCUT2D eigenvalue weighted by molar-refractivity contribution is 0.509. The lowest BCUT2D eigenvalue weighted by Crippen LogP contribution is -2.33. The number of aromatic nitrogens is 2. The van der Waals surface area contributed by atoms with Gasteiger partial charge >= 0.3 is 0 Å². The van der Waals surface area contributed by atoms with E-state index >= 15 is 0 Å². The Morgan fingerprint density at radius 3 is 2.67 bits per heavy atom. The van der Waals surface area contributed by atoms with Crippen molar-refractivity contribution in [1.29, 1.82) is 0 Å². The second-order valence-corrected chi connectivity index (χ2v) is 7.91. The molecule has 3 rings (SSSR count). The Hall–Kier alpha value is -2.29. The lowest BCUT2D eigenvalue weighted by atomic mass is 10.2. The Balaban J connectivity index is 1.77. The second kappa shape index (κ2) is 6.31. The predicted octanol–water partition coefficient (Wildman–Crippen LogP) is 2.12. The van der Waals surface area contributed by atoms with Crippen LogP contribution >= 0.6 is 0 Å². The third-order valence-corrected chi connectivity index (χ3v) is 5.71. The minimum Gasteiger partial charge on any atom is -0.355 e. The number of benzene rings is 1. The van der Waals surface area contributed by atoms with E-state index in [1.807, 2.05) is 0 Å². The number of halogens is 2. The fourth-order valence-corrected chi connectivity index (χ4v) is 4.37. The fraction of sp³-hybridized carbons (Fsp3) is 0.333. The summed E-state index contributed by atoms with van der Waals surface area (Å²) in [7, 11) is -1.22. The Labute approximate surface area is 138 Å². The highest BCUT2D eigenvalue weighted by atomic mass is 32.2. The van der Waals surface area contributed by atoms with Gasteiger partial charge in [0.2, 0.25) is 0 Å². The van der Waals surface area contributed by atoms with Crippen LogP contribution in [0.25, 0.3) is 0 Å². The molecule has 0 saturated carbocycles. The average molecular weight is 354 g/mol. The number of hydrogen-bond acceptors (Lipinski definition) is 6. The average Bonchev–Trinajstić information content (AvgIpc) is 2.90. The van der Waals surface area contributed by atoms with Crippen molar-refractivity contribution in [2.45, 2.75) is 12.5 Å². The van der Waals surface area contributed by atoms with Crippen molar-refractivity contribution in [3.05, 3.63) is 42.2 Å². The molecule has 0 amide bonds. The number of nitrogens with zero attached hydrogens (tertiary/aromatic N) is 3. The molecule has 1 N–H and O–H groups in total. The Bertz CT molecular complexity index is 860. The summed E-state index contributed by atoms with van der Waals surface area (Å²) < 4.78 is 49.4. The van der Waals surface area contributed by atoms with E-state index in [0.29, 0.717) is 23.7 Å². The van der Waals surface area contributed by atoms with E-state index in [1.54, 1.807) is 18.0 Å². The molecule has 24 heavy (non-hydrogen) atoms. The summed E-state index contributed by atoms with van der Waals surface area (Å²) in [6, 6.07) is 4.94. The van der Waals surface area contributed by atoms with Crippen molar-refractivity contribution in [2.24, 2.45) is 0 Å². The van der Waals surface area contributed by atoms with E-state index in [4.69, 9.17) is 0 Å². The maximum Gasteiger partial charge on any atom is 0.160 e. The maximum absolute atomic E-state index is 13.3. The first-order chi connectivity index (χ1) is 11.3. The standard InChI is InChI=1S/C15H16F2N4O2S/c1-21(11-4-5-24(22,23)8-11)15-7-14(18-9-19-15)20-10-2-3-12(16)13(17)6-10/h2-3,6-7,9,11H,4-5,8H2,1H3,(H,18,19,20). The number of anilines is 3. The van der Waals surface area contributed by atoms with Crippen molar-refractivity contribution in [2.75, 3.05) is 28.8 Å². The zero-order chi connectivity index (χ0) is 17.3. The third-order valence-electron chi connectivity index (χ3n) is 3.96. The monoisotopic (exact) mass is 354 g/mol. The largest absolute Gasteiger partial charge is 0.355 e. The quantitative estimate of drug-likeness (QED) is 0.907. The van der Waals surface area contributed by atoms with Crippen LogP contribution in [-0.4, -0.2) is 43.0 Å². The van der Waals surface area contributed by atoms with Gasteiger partial charge in [-0.3, -0.25) is 0 Å². The summed E-state index contributed by atoms with van der Waals surface area (Å²) >= 11 is 0. The molecule has 0 spiro atoms. The number of rotatable bonds is 4. The molecule has 0 radical (unpaired) electrons. The van der Waals surface area contributed by atoms with Gasteiger partial charge in [-0.2, -0.15) is 0 Å². The molecule has 6 nitrogen and oxygen atoms in total. The van der Waals surface area contributed by atoms with Gasteiger partial charge in [0.05, 0.1) is 11.5 Å². The molecule has 1 aliphatic heterocycles. The molecule has 1 aromatic heterocycles. The smallest absolute Gasteiger partial charge is 0.160 e. The normalized spacial score (nSPS) is 19.2. The van der Waals surface area contributed by atoms with Crippen LogP contribution < -0.4 is 10.2 Å². The molecule has 1 saturated heterocycles. The van der Waals surface area contributed by atoms with Gasteiger partial charge in [0, 0.05) is 30.9 Å². The van der Waals surface area contributed by atoms with Gasteiger partial charge in [-0.15, -0.1) is 0 Å². The highest BCUT2D eigenvalue weighted by Crippen LogP contribution is 2.24. The van der Waals surface area contributed by atoms with Crippen molar-refractivity contribution in [3.8, 4) is 0 Å². The zero-order valence-electron chi connectivity index (χ0n) is 12.9. The van der Waals surface area contributed by atoms with Crippen LogP contribution in [0.2, 0.25) is 0 Å². The molecule has 1 atom stereocenters. The minimum absolute atomic E-state index is 0.0967. The summed E-state index contributed by atoms with van der Waals surface area (Å²) in [5.74, 6) is -0.656. The highest BCUT2D eigenvalue weighted by Gasteiger charge is 2.31. The van der Waals surface area contributed by atoms with Gasteiger partial charge in [0.25, 0.3) is 0 Å². The molecular formula is C15H16F2N4O2S. The Kier molecular flexibility index (Phi) is 4.35. The third kappa shape index (κ3) is 3.61. The van der Waals surface area contributed by atoms with Crippen LogP contribution in [0.3, 0.4) is 0 Å². The maximum atomic E-state index is 13.3. The Morgan fingerprint density at radius 1 is 1.21 bits per heavy atom. The van der Waals surface area contributed by atoms with Gasteiger partial charge in [-0.1, -0.05) is 0 Å². The molecule has 1 unspecified atom stereocenters. The van der Waals surface area contributed by atoms with E-state index in [0.717, 1.165) is 12.1 Å². The summed E-state index contributed by atoms with van der Waals surface area (Å²) in [6.07, 6.45) is 1.88. The summed E-state index contributed by atoms with van der Waals surface area (Å²) in [5.41, 5.74) is 0.352. The first kappa shape index (κ1) is 16.6. The molecule has 9 heteroatoms. The molecule has 0 bridgehead atoms. The van der Waals surface area contributed by atoms with Crippen LogP contribution in [0, 0.1) is 11.6 Å². The van der Waals surface area contributed by atoms with Gasteiger partial charge in [-0.05, 0) is 18.6 Å². The molecule has 1 fully saturated rings. The van der Waals surface area contributed by atoms with E-state index in [1.165, 1.54) is 12.4 Å². The van der Waals surface area contributed by atoms with Crippen LogP contribution in [0.5, 0.6) is 0 Å². The molecule has 2 aromatic rings. The topological polar surface area (TPSA) is 75.2 Å². The molecular weight excluding hydrogens is 338 g/mol. The van der Waals surface area contributed by atoms with Crippen LogP contribution in [0.15, 0.2) is 30.6 Å². The van der Waals surface area contributed by atoms with Crippen LogP contribution in [0.1, 0.15) is 6.42 Å². The van der Waals surface area contributed by atoms with Crippen molar-refractivity contribution < 1.29 is 17.2 Å². The van der Waals surface area contributed by atoms with E-state index in [2.05, 4.69) is 15.3 Å². The minimum atomic E-state index is -2.99. The van der Waals surface area contributed by atoms with Gasteiger partial charge < -0.3 is 10.2 Å². The first-order valence-corrected chi connectivity index (χ1v) is 9.13. The molecule has 2 heterocycles. The van der Waals surface area contributed by atoms with Gasteiger partial charge in [0.1, 0.15) is 18.0 Å². The number of hydrogen-bond donors (Lipinski definition) is 1. The first-order valence-electron chi connectivity index (χ1n) is 7.31. The SMILES string of the molecule is CN(c1cc(Nc2ccc(F)c(F)c2)ncn1)C1CCS(=O)(=O)C1. The predicted molar refractivity (Wildman–Crippen MR) is 87.1 cm³/mol. The van der Waals surface area contributed by atoms with E-state index in [-0.39, 0.29) is 17.5 Å². The highest BCUT2D eigenvalue weighted by molar-refractivity contribution is 7.91. The van der Waals surface area contributed by atoms with Gasteiger partial charge in [-0.25, -0.2) is 27.2 Å². The summed E-state index contributed by atoms with van der Waals surface area (Å²) in [4.78, 5) is 9.99. The zero-order valence-corrected chi connectivity index (χ0v) is 13.7. The van der Waals surface area contributed by atoms with Crippen molar-refractivity contribution >= 4 is 27.2 Å². The molecule has 1 aliphatic rings. The van der Waals surface area contributed by atoms with Crippen molar-refractivity contribution in [3.63, 3.8) is 0 Å². The second-order valence-electron chi connectivity index (χ2n) is 5.68. The van der Waals surface area contributed by atoms with Crippen LogP contribution in [-0.2, 0) is 9.84 Å². The van der Waals surface area contributed by atoms with Crippen molar-refractivity contribution in [1.82, 2.24) is 9.97 Å².